The SMILES string of the molecule is CNC(=O)CCN(C)c1ccc(CNC(C)(C)C)cn1. The highest BCUT2D eigenvalue weighted by Crippen LogP contribution is 2.11. The number of anilines is 1. The van der Waals surface area contributed by atoms with Gasteiger partial charge in [-0.3, -0.25) is 4.79 Å². The number of amides is 1. The van der Waals surface area contributed by atoms with Crippen LogP contribution in [0.15, 0.2) is 18.3 Å². The Morgan fingerprint density at radius 3 is 2.55 bits per heavy atom. The average molecular weight is 278 g/mol. The van der Waals surface area contributed by atoms with E-state index in [0.29, 0.717) is 13.0 Å². The molecule has 112 valence electrons. The summed E-state index contributed by atoms with van der Waals surface area (Å²) in [5.74, 6) is 0.927. The van der Waals surface area contributed by atoms with Gasteiger partial charge in [0.25, 0.3) is 0 Å². The maximum Gasteiger partial charge on any atom is 0.221 e. The largest absolute Gasteiger partial charge is 0.359 e. The summed E-state index contributed by atoms with van der Waals surface area (Å²) in [5.41, 5.74) is 1.26. The molecule has 0 aliphatic carbocycles. The highest BCUT2D eigenvalue weighted by Gasteiger charge is 2.09. The van der Waals surface area contributed by atoms with Crippen molar-refractivity contribution in [1.82, 2.24) is 15.6 Å². The van der Waals surface area contributed by atoms with Crippen molar-refractivity contribution < 1.29 is 4.79 Å². The predicted octanol–water partition coefficient (Wildman–Crippen LogP) is 1.54. The molecule has 5 nitrogen and oxygen atoms in total. The normalized spacial score (nSPS) is 11.2. The van der Waals surface area contributed by atoms with E-state index >= 15 is 0 Å². The lowest BCUT2D eigenvalue weighted by Crippen LogP contribution is -2.35. The Morgan fingerprint density at radius 1 is 1.35 bits per heavy atom. The minimum absolute atomic E-state index is 0.0443. The minimum Gasteiger partial charge on any atom is -0.359 e. The molecule has 5 heteroatoms. The first kappa shape index (κ1) is 16.4. The molecule has 0 saturated carbocycles. The molecule has 1 aromatic rings. The molecule has 0 aromatic carbocycles. The van der Waals surface area contributed by atoms with Gasteiger partial charge in [0, 0.05) is 45.3 Å². The Balaban J connectivity index is 2.51. The van der Waals surface area contributed by atoms with E-state index in [-0.39, 0.29) is 11.4 Å². The van der Waals surface area contributed by atoms with E-state index in [9.17, 15) is 4.79 Å². The maximum absolute atomic E-state index is 11.2. The Morgan fingerprint density at radius 2 is 2.05 bits per heavy atom. The lowest BCUT2D eigenvalue weighted by molar-refractivity contribution is -0.120. The lowest BCUT2D eigenvalue weighted by Gasteiger charge is -2.21. The van der Waals surface area contributed by atoms with Gasteiger partial charge in [-0.05, 0) is 32.4 Å². The van der Waals surface area contributed by atoms with Crippen molar-refractivity contribution >= 4 is 11.7 Å². The number of rotatable bonds is 6. The van der Waals surface area contributed by atoms with Crippen LogP contribution in [0.5, 0.6) is 0 Å². The topological polar surface area (TPSA) is 57.3 Å². The first-order valence-corrected chi connectivity index (χ1v) is 6.93. The number of nitrogens with zero attached hydrogens (tertiary/aromatic N) is 2. The summed E-state index contributed by atoms with van der Waals surface area (Å²) in [5, 5.41) is 6.05. The van der Waals surface area contributed by atoms with Gasteiger partial charge in [-0.1, -0.05) is 6.07 Å². The molecule has 1 rings (SSSR count). The van der Waals surface area contributed by atoms with Gasteiger partial charge in [0.1, 0.15) is 5.82 Å². The fraction of sp³-hybridized carbons (Fsp3) is 0.600. The van der Waals surface area contributed by atoms with E-state index in [0.717, 1.165) is 17.9 Å². The zero-order valence-corrected chi connectivity index (χ0v) is 13.2. The second-order valence-corrected chi connectivity index (χ2v) is 5.97. The summed E-state index contributed by atoms with van der Waals surface area (Å²) < 4.78 is 0. The van der Waals surface area contributed by atoms with Crippen LogP contribution >= 0.6 is 0 Å². The van der Waals surface area contributed by atoms with Gasteiger partial charge >= 0.3 is 0 Å². The van der Waals surface area contributed by atoms with E-state index in [2.05, 4.69) is 42.5 Å². The van der Waals surface area contributed by atoms with Crippen LogP contribution in [-0.4, -0.2) is 37.1 Å². The highest BCUT2D eigenvalue weighted by atomic mass is 16.1. The van der Waals surface area contributed by atoms with Crippen LogP contribution in [0.4, 0.5) is 5.82 Å². The zero-order chi connectivity index (χ0) is 15.2. The van der Waals surface area contributed by atoms with Gasteiger partial charge in [-0.25, -0.2) is 4.98 Å². The van der Waals surface area contributed by atoms with Crippen LogP contribution < -0.4 is 15.5 Å². The molecular formula is C15H26N4O. The molecule has 0 saturated heterocycles. The molecule has 20 heavy (non-hydrogen) atoms. The minimum atomic E-state index is 0.0443. The smallest absolute Gasteiger partial charge is 0.221 e. The van der Waals surface area contributed by atoms with Crippen LogP contribution in [-0.2, 0) is 11.3 Å². The van der Waals surface area contributed by atoms with Crippen LogP contribution in [0.3, 0.4) is 0 Å². The third-order valence-corrected chi connectivity index (χ3v) is 2.98. The van der Waals surface area contributed by atoms with Crippen LogP contribution in [0.1, 0.15) is 32.8 Å². The van der Waals surface area contributed by atoms with Gasteiger partial charge in [-0.2, -0.15) is 0 Å². The van der Waals surface area contributed by atoms with E-state index < -0.39 is 0 Å². The molecule has 0 spiro atoms. The molecule has 0 radical (unpaired) electrons. The van der Waals surface area contributed by atoms with E-state index in [1.165, 1.54) is 0 Å². The molecule has 0 unspecified atom stereocenters. The highest BCUT2D eigenvalue weighted by molar-refractivity contribution is 5.76. The summed E-state index contributed by atoms with van der Waals surface area (Å²) >= 11 is 0. The summed E-state index contributed by atoms with van der Waals surface area (Å²) in [6.45, 7) is 7.88. The molecule has 0 bridgehead atoms. The Kier molecular flexibility index (Phi) is 5.95. The Hall–Kier alpha value is -1.62. The van der Waals surface area contributed by atoms with Crippen molar-refractivity contribution in [2.45, 2.75) is 39.3 Å². The summed E-state index contributed by atoms with van der Waals surface area (Å²) in [7, 11) is 3.59. The van der Waals surface area contributed by atoms with Crippen molar-refractivity contribution in [3.8, 4) is 0 Å². The average Bonchev–Trinajstić information content (AvgIpc) is 2.41. The molecule has 0 fully saturated rings. The number of aromatic nitrogens is 1. The Bertz CT molecular complexity index is 422. The first-order valence-electron chi connectivity index (χ1n) is 6.93. The summed E-state index contributed by atoms with van der Waals surface area (Å²) in [4.78, 5) is 17.6. The van der Waals surface area contributed by atoms with Crippen molar-refractivity contribution in [3.05, 3.63) is 23.9 Å². The molecular weight excluding hydrogens is 252 g/mol. The third-order valence-electron chi connectivity index (χ3n) is 2.98. The van der Waals surface area contributed by atoms with E-state index in [1.807, 2.05) is 24.2 Å². The van der Waals surface area contributed by atoms with Crippen molar-refractivity contribution in [2.24, 2.45) is 0 Å². The van der Waals surface area contributed by atoms with Gasteiger partial charge in [0.15, 0.2) is 0 Å². The molecule has 1 amide bonds. The van der Waals surface area contributed by atoms with Crippen LogP contribution in [0.2, 0.25) is 0 Å². The summed E-state index contributed by atoms with van der Waals surface area (Å²) in [6, 6.07) is 4.06. The predicted molar refractivity (Wildman–Crippen MR) is 82.8 cm³/mol. The van der Waals surface area contributed by atoms with Gasteiger partial charge in [-0.15, -0.1) is 0 Å². The van der Waals surface area contributed by atoms with Crippen molar-refractivity contribution in [3.63, 3.8) is 0 Å². The maximum atomic E-state index is 11.2. The summed E-state index contributed by atoms with van der Waals surface area (Å²) in [6.07, 6.45) is 2.35. The Labute approximate surface area is 121 Å². The second-order valence-electron chi connectivity index (χ2n) is 5.97. The molecule has 0 aliphatic heterocycles. The number of pyridine rings is 1. The van der Waals surface area contributed by atoms with E-state index in [1.54, 1.807) is 7.05 Å². The number of hydrogen-bond donors (Lipinski definition) is 2. The van der Waals surface area contributed by atoms with Gasteiger partial charge in [0.2, 0.25) is 5.91 Å². The monoisotopic (exact) mass is 278 g/mol. The molecule has 1 heterocycles. The molecule has 2 N–H and O–H groups in total. The molecule has 0 atom stereocenters. The molecule has 0 aliphatic rings. The standard InChI is InChI=1S/C15H26N4O/c1-15(2,3)18-11-12-6-7-13(17-10-12)19(5)9-8-14(20)16-4/h6-7,10,18H,8-9,11H2,1-5H3,(H,16,20). The van der Waals surface area contributed by atoms with Crippen LogP contribution in [0.25, 0.3) is 0 Å². The van der Waals surface area contributed by atoms with Crippen LogP contribution in [0, 0.1) is 0 Å². The fourth-order valence-electron chi connectivity index (χ4n) is 1.62. The zero-order valence-electron chi connectivity index (χ0n) is 13.2. The number of carbonyl (C=O) groups is 1. The lowest BCUT2D eigenvalue weighted by atomic mass is 10.1. The number of hydrogen-bond acceptors (Lipinski definition) is 4. The molecule has 1 aromatic heterocycles. The van der Waals surface area contributed by atoms with Crippen molar-refractivity contribution in [2.75, 3.05) is 25.5 Å². The number of carbonyl (C=O) groups excluding carboxylic acids is 1. The van der Waals surface area contributed by atoms with Crippen molar-refractivity contribution in [1.29, 1.82) is 0 Å². The van der Waals surface area contributed by atoms with E-state index in [4.69, 9.17) is 0 Å². The first-order chi connectivity index (χ1) is 9.31. The number of nitrogens with one attached hydrogen (secondary N) is 2. The quantitative estimate of drug-likeness (QED) is 0.829. The third kappa shape index (κ3) is 6.02. The fourth-order valence-corrected chi connectivity index (χ4v) is 1.62. The van der Waals surface area contributed by atoms with Gasteiger partial charge < -0.3 is 15.5 Å². The second kappa shape index (κ2) is 7.24. The van der Waals surface area contributed by atoms with Gasteiger partial charge in [0.05, 0.1) is 0 Å².